The predicted octanol–water partition coefficient (Wildman–Crippen LogP) is 3.19. The lowest BCUT2D eigenvalue weighted by molar-refractivity contribution is 0.102. The highest BCUT2D eigenvalue weighted by Crippen LogP contribution is 2.21. The van der Waals surface area contributed by atoms with E-state index in [4.69, 9.17) is 4.42 Å². The summed E-state index contributed by atoms with van der Waals surface area (Å²) in [6.07, 6.45) is 1.86. The average molecular weight is 463 g/mol. The fraction of sp³-hybridized carbons (Fsp3) is 0.190. The Labute approximate surface area is 181 Å². The van der Waals surface area contributed by atoms with Gasteiger partial charge in [0.2, 0.25) is 10.0 Å². The minimum atomic E-state index is -3.86. The standard InChI is InChI=1S/C21H22N2O6S2/c1-2-13-30(25,26)20-11-4-3-10-19(20)21(24)23-16-7-5-9-18(14-16)31(27,28)22-15-17-8-6-12-29-17/h3-12,14,22H,2,13,15H2,1H3,(H,23,24). The molecule has 8 nitrogen and oxygen atoms in total. The van der Waals surface area contributed by atoms with Crippen LogP contribution in [0.25, 0.3) is 0 Å². The van der Waals surface area contributed by atoms with Crippen LogP contribution < -0.4 is 10.0 Å². The molecule has 0 bridgehead atoms. The van der Waals surface area contributed by atoms with Crippen LogP contribution in [0.15, 0.2) is 81.1 Å². The van der Waals surface area contributed by atoms with Crippen LogP contribution in [0.5, 0.6) is 0 Å². The number of amides is 1. The molecule has 0 aliphatic carbocycles. The lowest BCUT2D eigenvalue weighted by Gasteiger charge is -2.12. The fourth-order valence-corrected chi connectivity index (χ4v) is 5.48. The highest BCUT2D eigenvalue weighted by atomic mass is 32.2. The number of rotatable bonds is 9. The van der Waals surface area contributed by atoms with Crippen LogP contribution in [0, 0.1) is 0 Å². The molecule has 1 heterocycles. The predicted molar refractivity (Wildman–Crippen MR) is 116 cm³/mol. The Morgan fingerprint density at radius 3 is 2.45 bits per heavy atom. The number of benzene rings is 2. The normalized spacial score (nSPS) is 11.9. The number of furan rings is 1. The van der Waals surface area contributed by atoms with Crippen LogP contribution in [0.3, 0.4) is 0 Å². The van der Waals surface area contributed by atoms with E-state index in [1.807, 2.05) is 0 Å². The first-order chi connectivity index (χ1) is 14.7. The second kappa shape index (κ2) is 9.46. The number of anilines is 1. The molecule has 0 aliphatic rings. The molecule has 3 aromatic rings. The third-order valence-corrected chi connectivity index (χ3v) is 7.73. The maximum Gasteiger partial charge on any atom is 0.256 e. The molecule has 1 amide bonds. The summed E-state index contributed by atoms with van der Waals surface area (Å²) >= 11 is 0. The first-order valence-electron chi connectivity index (χ1n) is 9.48. The molecule has 0 spiro atoms. The van der Waals surface area contributed by atoms with Gasteiger partial charge in [0.05, 0.1) is 33.9 Å². The Kier molecular flexibility index (Phi) is 6.94. The minimum Gasteiger partial charge on any atom is -0.468 e. The van der Waals surface area contributed by atoms with Crippen molar-refractivity contribution in [1.29, 1.82) is 0 Å². The van der Waals surface area contributed by atoms with Crippen molar-refractivity contribution in [2.24, 2.45) is 0 Å². The first-order valence-corrected chi connectivity index (χ1v) is 12.6. The summed E-state index contributed by atoms with van der Waals surface area (Å²) in [4.78, 5) is 12.7. The molecule has 0 saturated carbocycles. The molecule has 0 aliphatic heterocycles. The summed E-state index contributed by atoms with van der Waals surface area (Å²) in [5.41, 5.74) is 0.216. The van der Waals surface area contributed by atoms with E-state index in [1.54, 1.807) is 31.2 Å². The third-order valence-electron chi connectivity index (χ3n) is 4.36. The molecule has 0 atom stereocenters. The van der Waals surface area contributed by atoms with Gasteiger partial charge in [-0.2, -0.15) is 0 Å². The van der Waals surface area contributed by atoms with Crippen molar-refractivity contribution < 1.29 is 26.0 Å². The lowest BCUT2D eigenvalue weighted by Crippen LogP contribution is -2.23. The second-order valence-corrected chi connectivity index (χ2v) is 10.5. The van der Waals surface area contributed by atoms with Crippen LogP contribution >= 0.6 is 0 Å². The molecule has 164 valence electrons. The van der Waals surface area contributed by atoms with Crippen molar-refractivity contribution in [2.45, 2.75) is 29.7 Å². The Morgan fingerprint density at radius 1 is 0.968 bits per heavy atom. The van der Waals surface area contributed by atoms with Crippen LogP contribution in [0.4, 0.5) is 5.69 Å². The van der Waals surface area contributed by atoms with Gasteiger partial charge in [0.1, 0.15) is 5.76 Å². The number of hydrogen-bond donors (Lipinski definition) is 2. The Hall–Kier alpha value is -2.95. The molecule has 3 rings (SSSR count). The van der Waals surface area contributed by atoms with Gasteiger partial charge in [0.25, 0.3) is 5.91 Å². The van der Waals surface area contributed by atoms with E-state index >= 15 is 0 Å². The van der Waals surface area contributed by atoms with Gasteiger partial charge in [-0.15, -0.1) is 0 Å². The van der Waals surface area contributed by atoms with Gasteiger partial charge in [-0.05, 0) is 48.9 Å². The molecule has 10 heteroatoms. The van der Waals surface area contributed by atoms with E-state index in [9.17, 15) is 21.6 Å². The van der Waals surface area contributed by atoms with E-state index in [-0.39, 0.29) is 33.3 Å². The molecule has 1 aromatic heterocycles. The average Bonchev–Trinajstić information content (AvgIpc) is 3.26. The zero-order valence-corrected chi connectivity index (χ0v) is 18.4. The fourth-order valence-electron chi connectivity index (χ4n) is 2.91. The Morgan fingerprint density at radius 2 is 1.74 bits per heavy atom. The van der Waals surface area contributed by atoms with Gasteiger partial charge in [-0.3, -0.25) is 4.79 Å². The molecule has 2 N–H and O–H groups in total. The van der Waals surface area contributed by atoms with Crippen molar-refractivity contribution in [3.05, 3.63) is 78.3 Å². The molecular formula is C21H22N2O6S2. The van der Waals surface area contributed by atoms with Gasteiger partial charge >= 0.3 is 0 Å². The van der Waals surface area contributed by atoms with Gasteiger partial charge < -0.3 is 9.73 Å². The number of hydrogen-bond acceptors (Lipinski definition) is 6. The van der Waals surface area contributed by atoms with Gasteiger partial charge in [0, 0.05) is 5.69 Å². The number of carbonyl (C=O) groups is 1. The molecule has 2 aromatic carbocycles. The molecule has 0 saturated heterocycles. The van der Waals surface area contributed by atoms with Crippen molar-refractivity contribution in [3.8, 4) is 0 Å². The zero-order chi connectivity index (χ0) is 22.5. The van der Waals surface area contributed by atoms with Crippen LogP contribution in [-0.2, 0) is 26.4 Å². The largest absolute Gasteiger partial charge is 0.468 e. The molecule has 0 radical (unpaired) electrons. The van der Waals surface area contributed by atoms with Crippen LogP contribution in [-0.4, -0.2) is 28.5 Å². The van der Waals surface area contributed by atoms with Crippen LogP contribution in [0.2, 0.25) is 0 Å². The smallest absolute Gasteiger partial charge is 0.256 e. The van der Waals surface area contributed by atoms with Gasteiger partial charge in [-0.1, -0.05) is 25.1 Å². The molecule has 31 heavy (non-hydrogen) atoms. The Balaban J connectivity index is 1.81. The minimum absolute atomic E-state index is 0.000143. The maximum absolute atomic E-state index is 12.8. The van der Waals surface area contributed by atoms with Crippen molar-refractivity contribution >= 4 is 31.5 Å². The topological polar surface area (TPSA) is 123 Å². The third kappa shape index (κ3) is 5.60. The SMILES string of the molecule is CCCS(=O)(=O)c1ccccc1C(=O)Nc1cccc(S(=O)(=O)NCc2ccco2)c1. The summed E-state index contributed by atoms with van der Waals surface area (Å²) in [6.45, 7) is 1.72. The first kappa shape index (κ1) is 22.7. The monoisotopic (exact) mass is 462 g/mol. The summed E-state index contributed by atoms with van der Waals surface area (Å²) in [6, 6.07) is 14.9. The highest BCUT2D eigenvalue weighted by Gasteiger charge is 2.22. The molecule has 0 unspecified atom stereocenters. The van der Waals surface area contributed by atoms with Gasteiger partial charge in [-0.25, -0.2) is 21.6 Å². The van der Waals surface area contributed by atoms with E-state index in [0.717, 1.165) is 0 Å². The summed E-state index contributed by atoms with van der Waals surface area (Å²) in [5, 5.41) is 2.58. The number of sulfone groups is 1. The van der Waals surface area contributed by atoms with Crippen molar-refractivity contribution in [1.82, 2.24) is 4.72 Å². The summed E-state index contributed by atoms with van der Waals surface area (Å²) in [5.74, 6) is -0.266. The van der Waals surface area contributed by atoms with E-state index in [2.05, 4.69) is 10.0 Å². The van der Waals surface area contributed by atoms with Crippen molar-refractivity contribution in [2.75, 3.05) is 11.1 Å². The summed E-state index contributed by atoms with van der Waals surface area (Å²) in [7, 11) is -7.47. The summed E-state index contributed by atoms with van der Waals surface area (Å²) < 4.78 is 57.6. The quantitative estimate of drug-likeness (QED) is 0.503. The lowest BCUT2D eigenvalue weighted by atomic mass is 10.2. The van der Waals surface area contributed by atoms with Crippen molar-refractivity contribution in [3.63, 3.8) is 0 Å². The van der Waals surface area contributed by atoms with Crippen LogP contribution in [0.1, 0.15) is 29.5 Å². The zero-order valence-electron chi connectivity index (χ0n) is 16.7. The van der Waals surface area contributed by atoms with E-state index < -0.39 is 25.8 Å². The maximum atomic E-state index is 12.8. The number of sulfonamides is 1. The van der Waals surface area contributed by atoms with E-state index in [1.165, 1.54) is 42.7 Å². The highest BCUT2D eigenvalue weighted by molar-refractivity contribution is 7.91. The number of carbonyl (C=O) groups excluding carboxylic acids is 1. The van der Waals surface area contributed by atoms with Gasteiger partial charge in [0.15, 0.2) is 9.84 Å². The molecule has 0 fully saturated rings. The van der Waals surface area contributed by atoms with E-state index in [0.29, 0.717) is 12.2 Å². The second-order valence-electron chi connectivity index (χ2n) is 6.70. The number of nitrogens with one attached hydrogen (secondary N) is 2. The molecular weight excluding hydrogens is 440 g/mol. The Bertz CT molecular complexity index is 1270.